The lowest BCUT2D eigenvalue weighted by atomic mass is 9.91. The van der Waals surface area contributed by atoms with E-state index < -0.39 is 17.4 Å². The maximum absolute atomic E-state index is 14.0. The molecule has 1 atom stereocenters. The number of ether oxygens (including phenoxy) is 2. The van der Waals surface area contributed by atoms with Crippen LogP contribution in [-0.4, -0.2) is 23.6 Å². The van der Waals surface area contributed by atoms with E-state index in [1.165, 1.54) is 12.1 Å². The van der Waals surface area contributed by atoms with Crippen molar-refractivity contribution in [3.8, 4) is 5.75 Å². The van der Waals surface area contributed by atoms with Gasteiger partial charge in [-0.15, -0.1) is 0 Å². The van der Waals surface area contributed by atoms with Crippen LogP contribution in [0.1, 0.15) is 29.2 Å². The number of carbonyl (C=O) groups is 2. The van der Waals surface area contributed by atoms with E-state index in [0.717, 1.165) is 10.5 Å². The average molecular weight is 370 g/mol. The third kappa shape index (κ3) is 2.94. The average Bonchev–Trinajstić information content (AvgIpc) is 2.86. The van der Waals surface area contributed by atoms with E-state index >= 15 is 0 Å². The Bertz CT molecular complexity index is 928. The number of aryl methyl sites for hydroxylation is 1. The predicted octanol–water partition coefficient (Wildman–Crippen LogP) is 2.97. The molecule has 7 heteroatoms. The molecule has 2 aromatic carbocycles. The molecule has 2 aromatic rings. The minimum absolute atomic E-state index is 0.0485. The first-order chi connectivity index (χ1) is 12.9. The zero-order valence-electron chi connectivity index (χ0n) is 15.0. The quantitative estimate of drug-likeness (QED) is 0.844. The Kier molecular flexibility index (Phi) is 4.11. The van der Waals surface area contributed by atoms with Crippen molar-refractivity contribution in [2.24, 2.45) is 0 Å². The number of hydrogen-bond donors (Lipinski definition) is 1. The largest absolute Gasteiger partial charge is 0.467 e. The van der Waals surface area contributed by atoms with Crippen LogP contribution in [0, 0.1) is 12.7 Å². The van der Waals surface area contributed by atoms with Crippen molar-refractivity contribution in [1.82, 2.24) is 10.2 Å². The monoisotopic (exact) mass is 370 g/mol. The molecule has 0 saturated carbocycles. The van der Waals surface area contributed by atoms with Gasteiger partial charge in [-0.05, 0) is 31.5 Å². The van der Waals surface area contributed by atoms with Crippen LogP contribution in [-0.2, 0) is 28.2 Å². The van der Waals surface area contributed by atoms with Crippen LogP contribution in [0.3, 0.4) is 0 Å². The number of nitrogens with zero attached hydrogens (tertiary/aromatic N) is 1. The van der Waals surface area contributed by atoms with E-state index in [-0.39, 0.29) is 25.9 Å². The fraction of sp³-hybridized carbons (Fsp3) is 0.300. The Morgan fingerprint density at radius 2 is 1.96 bits per heavy atom. The summed E-state index contributed by atoms with van der Waals surface area (Å²) in [4.78, 5) is 26.7. The van der Waals surface area contributed by atoms with Crippen LogP contribution < -0.4 is 10.1 Å². The second-order valence-electron chi connectivity index (χ2n) is 6.98. The summed E-state index contributed by atoms with van der Waals surface area (Å²) < 4.78 is 24.6. The molecule has 6 nitrogen and oxygen atoms in total. The number of carbonyl (C=O) groups excluding carboxylic acids is 2. The zero-order chi connectivity index (χ0) is 19.2. The van der Waals surface area contributed by atoms with Gasteiger partial charge >= 0.3 is 6.03 Å². The SMILES string of the molecule is Cc1ccc(C2(C)NC(=O)N(Cc3cc(F)cc4c3OCOC4)C2=O)cc1. The van der Waals surface area contributed by atoms with Crippen molar-refractivity contribution in [3.63, 3.8) is 0 Å². The molecule has 2 aliphatic heterocycles. The van der Waals surface area contributed by atoms with Crippen molar-refractivity contribution < 1.29 is 23.5 Å². The Hall–Kier alpha value is -2.93. The van der Waals surface area contributed by atoms with Gasteiger partial charge in [0.05, 0.1) is 13.2 Å². The standard InChI is InChI=1S/C20H19FN2O4/c1-12-3-5-15(6-4-12)20(2)18(24)23(19(25)22-20)9-13-7-16(21)8-14-10-26-11-27-17(13)14/h3-8H,9-11H2,1-2H3,(H,22,25). The summed E-state index contributed by atoms with van der Waals surface area (Å²) in [7, 11) is 0. The fourth-order valence-corrected chi connectivity index (χ4v) is 3.47. The van der Waals surface area contributed by atoms with Gasteiger partial charge in [0.2, 0.25) is 0 Å². The molecule has 1 saturated heterocycles. The lowest BCUT2D eigenvalue weighted by Gasteiger charge is -2.24. The number of halogens is 1. The van der Waals surface area contributed by atoms with E-state index in [2.05, 4.69) is 5.32 Å². The second-order valence-corrected chi connectivity index (χ2v) is 6.98. The molecule has 0 radical (unpaired) electrons. The molecule has 3 amide bonds. The minimum atomic E-state index is -1.16. The summed E-state index contributed by atoms with van der Waals surface area (Å²) in [6, 6.07) is 9.52. The smallest absolute Gasteiger partial charge is 0.325 e. The molecular formula is C20H19FN2O4. The third-order valence-electron chi connectivity index (χ3n) is 4.98. The van der Waals surface area contributed by atoms with Gasteiger partial charge in [-0.1, -0.05) is 29.8 Å². The molecule has 0 spiro atoms. The summed E-state index contributed by atoms with van der Waals surface area (Å²) >= 11 is 0. The molecule has 1 fully saturated rings. The van der Waals surface area contributed by atoms with Crippen molar-refractivity contribution in [1.29, 1.82) is 0 Å². The fourth-order valence-electron chi connectivity index (χ4n) is 3.47. The summed E-state index contributed by atoms with van der Waals surface area (Å²) in [6.07, 6.45) is 0. The Balaban J connectivity index is 1.66. The second kappa shape index (κ2) is 6.35. The first-order valence-electron chi connectivity index (χ1n) is 8.61. The van der Waals surface area contributed by atoms with Crippen LogP contribution >= 0.6 is 0 Å². The summed E-state index contributed by atoms with van der Waals surface area (Å²) in [5.74, 6) is -0.389. The van der Waals surface area contributed by atoms with Crippen molar-refractivity contribution in [2.45, 2.75) is 32.5 Å². The van der Waals surface area contributed by atoms with Crippen molar-refractivity contribution >= 4 is 11.9 Å². The lowest BCUT2D eigenvalue weighted by Crippen LogP contribution is -2.40. The van der Waals surface area contributed by atoms with Gasteiger partial charge in [-0.2, -0.15) is 0 Å². The molecule has 4 rings (SSSR count). The van der Waals surface area contributed by atoms with Gasteiger partial charge in [0.15, 0.2) is 6.79 Å². The number of amides is 3. The molecule has 140 valence electrons. The molecule has 0 aromatic heterocycles. The molecular weight excluding hydrogens is 351 g/mol. The molecule has 2 heterocycles. The van der Waals surface area contributed by atoms with Crippen LogP contribution in [0.5, 0.6) is 5.75 Å². The van der Waals surface area contributed by atoms with E-state index in [1.807, 2.05) is 31.2 Å². The Labute approximate surface area is 155 Å². The highest BCUT2D eigenvalue weighted by Gasteiger charge is 2.49. The van der Waals surface area contributed by atoms with Crippen LogP contribution in [0.15, 0.2) is 36.4 Å². The molecule has 2 aliphatic rings. The maximum Gasteiger partial charge on any atom is 0.325 e. The topological polar surface area (TPSA) is 67.9 Å². The number of imide groups is 1. The van der Waals surface area contributed by atoms with Gasteiger partial charge in [-0.3, -0.25) is 9.69 Å². The molecule has 27 heavy (non-hydrogen) atoms. The highest BCUT2D eigenvalue weighted by molar-refractivity contribution is 6.07. The van der Waals surface area contributed by atoms with Gasteiger partial charge in [-0.25, -0.2) is 9.18 Å². The first kappa shape index (κ1) is 17.5. The minimum Gasteiger partial charge on any atom is -0.467 e. The van der Waals surface area contributed by atoms with E-state index in [9.17, 15) is 14.0 Å². The molecule has 0 aliphatic carbocycles. The first-order valence-corrected chi connectivity index (χ1v) is 8.61. The van der Waals surface area contributed by atoms with Gasteiger partial charge in [0.1, 0.15) is 17.1 Å². The van der Waals surface area contributed by atoms with Gasteiger partial charge in [0.25, 0.3) is 5.91 Å². The summed E-state index contributed by atoms with van der Waals surface area (Å²) in [5.41, 5.74) is 1.58. The van der Waals surface area contributed by atoms with Gasteiger partial charge < -0.3 is 14.8 Å². The van der Waals surface area contributed by atoms with Crippen LogP contribution in [0.2, 0.25) is 0 Å². The van der Waals surface area contributed by atoms with Crippen LogP contribution in [0.4, 0.5) is 9.18 Å². The number of urea groups is 1. The van der Waals surface area contributed by atoms with E-state index in [0.29, 0.717) is 22.4 Å². The molecule has 1 unspecified atom stereocenters. The number of nitrogens with one attached hydrogen (secondary N) is 1. The van der Waals surface area contributed by atoms with E-state index in [4.69, 9.17) is 9.47 Å². The predicted molar refractivity (Wildman–Crippen MR) is 94.3 cm³/mol. The van der Waals surface area contributed by atoms with Crippen molar-refractivity contribution in [3.05, 3.63) is 64.5 Å². The van der Waals surface area contributed by atoms with E-state index in [1.54, 1.807) is 6.92 Å². The van der Waals surface area contributed by atoms with Gasteiger partial charge in [0, 0.05) is 11.1 Å². The summed E-state index contributed by atoms with van der Waals surface area (Å²) in [6.45, 7) is 3.81. The Morgan fingerprint density at radius 3 is 2.70 bits per heavy atom. The highest BCUT2D eigenvalue weighted by atomic mass is 19.1. The molecule has 0 bridgehead atoms. The zero-order valence-corrected chi connectivity index (χ0v) is 15.0. The number of benzene rings is 2. The lowest BCUT2D eigenvalue weighted by molar-refractivity contribution is -0.131. The third-order valence-corrected chi connectivity index (χ3v) is 4.98. The maximum atomic E-state index is 14.0. The van der Waals surface area contributed by atoms with Crippen molar-refractivity contribution in [2.75, 3.05) is 6.79 Å². The number of rotatable bonds is 3. The number of hydrogen-bond acceptors (Lipinski definition) is 4. The highest BCUT2D eigenvalue weighted by Crippen LogP contribution is 2.34. The normalized spacial score (nSPS) is 21.7. The summed E-state index contributed by atoms with van der Waals surface area (Å²) in [5, 5.41) is 2.76. The Morgan fingerprint density at radius 1 is 1.22 bits per heavy atom. The number of fused-ring (bicyclic) bond motifs is 1. The molecule has 1 N–H and O–H groups in total. The van der Waals surface area contributed by atoms with Crippen LogP contribution in [0.25, 0.3) is 0 Å².